The van der Waals surface area contributed by atoms with Gasteiger partial charge in [0, 0.05) is 29.0 Å². The molecule has 0 aliphatic carbocycles. The van der Waals surface area contributed by atoms with E-state index in [4.69, 9.17) is 14.2 Å². The summed E-state index contributed by atoms with van der Waals surface area (Å²) in [5, 5.41) is 0.728. The van der Waals surface area contributed by atoms with Gasteiger partial charge in [0.25, 0.3) is 5.56 Å². The smallest absolute Gasteiger partial charge is 0.336 e. The Labute approximate surface area is 167 Å². The normalized spacial score (nSPS) is 19.0. The number of carbonyl (C=O) groups is 2. The number of aromatic nitrogens is 1. The van der Waals surface area contributed by atoms with E-state index >= 15 is 0 Å². The van der Waals surface area contributed by atoms with Crippen LogP contribution in [-0.4, -0.2) is 44.0 Å². The molecule has 1 aromatic carbocycles. The molecule has 8 heteroatoms. The molecule has 1 aromatic heterocycles. The Morgan fingerprint density at radius 2 is 1.79 bits per heavy atom. The molecule has 0 radical (unpaired) electrons. The zero-order valence-electron chi connectivity index (χ0n) is 16.9. The number of fused-ring (bicyclic) bond motifs is 1. The molecule has 2 atom stereocenters. The summed E-state index contributed by atoms with van der Waals surface area (Å²) >= 11 is 0. The number of esters is 2. The fourth-order valence-electron chi connectivity index (χ4n) is 3.74. The molecule has 1 N–H and O–H groups in total. The van der Waals surface area contributed by atoms with Crippen LogP contribution < -0.4 is 10.3 Å². The summed E-state index contributed by atoms with van der Waals surface area (Å²) in [6.07, 6.45) is 0. The minimum atomic E-state index is -0.922. The molecule has 8 nitrogen and oxygen atoms in total. The zero-order chi connectivity index (χ0) is 21.3. The van der Waals surface area contributed by atoms with Crippen molar-refractivity contribution in [3.8, 4) is 5.75 Å². The van der Waals surface area contributed by atoms with Crippen LogP contribution in [0.1, 0.15) is 25.3 Å². The molecular formula is C21H22N2O6. The number of rotatable bonds is 4. The lowest BCUT2D eigenvalue weighted by molar-refractivity contribution is -0.143. The monoisotopic (exact) mass is 398 g/mol. The second-order valence-electron chi connectivity index (χ2n) is 6.73. The number of nitrogens with one attached hydrogen (secondary N) is 1. The van der Waals surface area contributed by atoms with E-state index in [1.54, 1.807) is 38.1 Å². The van der Waals surface area contributed by atoms with Crippen LogP contribution in [0.5, 0.6) is 5.75 Å². The number of hydrogen-bond donors (Lipinski definition) is 1. The molecule has 2 heterocycles. The summed E-state index contributed by atoms with van der Waals surface area (Å²) in [6, 6.07) is 6.92. The lowest BCUT2D eigenvalue weighted by atomic mass is 9.75. The largest absolute Gasteiger partial charge is 0.497 e. The first-order valence-corrected chi connectivity index (χ1v) is 8.95. The first kappa shape index (κ1) is 20.3. The molecule has 29 heavy (non-hydrogen) atoms. The molecule has 0 fully saturated rings. The minimum absolute atomic E-state index is 0.159. The second kappa shape index (κ2) is 7.90. The maximum Gasteiger partial charge on any atom is 0.336 e. The first-order chi connectivity index (χ1) is 13.8. The highest BCUT2D eigenvalue weighted by Gasteiger charge is 2.43. The number of carbonyl (C=O) groups excluding carboxylic acids is 2. The van der Waals surface area contributed by atoms with E-state index in [1.165, 1.54) is 21.3 Å². The Balaban J connectivity index is 2.29. The van der Waals surface area contributed by atoms with Crippen LogP contribution in [0.2, 0.25) is 0 Å². The van der Waals surface area contributed by atoms with Crippen molar-refractivity contribution in [2.75, 3.05) is 21.3 Å². The molecule has 0 amide bonds. The van der Waals surface area contributed by atoms with E-state index in [1.807, 2.05) is 0 Å². The van der Waals surface area contributed by atoms with Gasteiger partial charge in [0.15, 0.2) is 0 Å². The van der Waals surface area contributed by atoms with Gasteiger partial charge in [-0.3, -0.25) is 14.6 Å². The average molecular weight is 398 g/mol. The maximum atomic E-state index is 13.0. The molecular weight excluding hydrogens is 376 g/mol. The summed E-state index contributed by atoms with van der Waals surface area (Å²) in [7, 11) is 4.04. The number of allylic oxidation sites excluding steroid dienone is 1. The highest BCUT2D eigenvalue weighted by Crippen LogP contribution is 2.39. The van der Waals surface area contributed by atoms with Gasteiger partial charge in [0.05, 0.1) is 32.4 Å². The molecule has 1 aliphatic rings. The predicted octanol–water partition coefficient (Wildman–Crippen LogP) is 2.33. The van der Waals surface area contributed by atoms with Crippen molar-refractivity contribution >= 4 is 28.6 Å². The van der Waals surface area contributed by atoms with Crippen LogP contribution in [0.25, 0.3) is 10.9 Å². The van der Waals surface area contributed by atoms with Crippen LogP contribution in [0.4, 0.5) is 0 Å². The summed E-state index contributed by atoms with van der Waals surface area (Å²) < 4.78 is 15.1. The number of methoxy groups -OCH3 is 3. The summed E-state index contributed by atoms with van der Waals surface area (Å²) in [6.45, 7) is 3.32. The van der Waals surface area contributed by atoms with Gasteiger partial charge in [0.1, 0.15) is 11.7 Å². The zero-order valence-corrected chi connectivity index (χ0v) is 16.9. The Morgan fingerprint density at radius 1 is 1.07 bits per heavy atom. The van der Waals surface area contributed by atoms with Crippen molar-refractivity contribution in [1.82, 2.24) is 4.98 Å². The topological polar surface area (TPSA) is 107 Å². The molecule has 0 saturated heterocycles. The van der Waals surface area contributed by atoms with Gasteiger partial charge in [-0.15, -0.1) is 0 Å². The SMILES string of the molecule is COC(=O)C1=C(C)N=C(C)C(C(=O)OC)[C@@H]1c1cc2ccc(OC)cc2[nH]c1=O. The summed E-state index contributed by atoms with van der Waals surface area (Å²) in [5.41, 5.74) is 1.43. The molecule has 0 spiro atoms. The van der Waals surface area contributed by atoms with Gasteiger partial charge in [-0.1, -0.05) is 0 Å². The van der Waals surface area contributed by atoms with Crippen LogP contribution in [-0.2, 0) is 19.1 Å². The van der Waals surface area contributed by atoms with Crippen molar-refractivity contribution < 1.29 is 23.8 Å². The number of pyridine rings is 1. The third kappa shape index (κ3) is 3.53. The average Bonchev–Trinajstić information content (AvgIpc) is 2.71. The van der Waals surface area contributed by atoms with E-state index in [2.05, 4.69) is 9.98 Å². The van der Waals surface area contributed by atoms with Crippen molar-refractivity contribution in [1.29, 1.82) is 0 Å². The lowest BCUT2D eigenvalue weighted by Crippen LogP contribution is -2.38. The van der Waals surface area contributed by atoms with Crippen molar-refractivity contribution in [2.24, 2.45) is 10.9 Å². The van der Waals surface area contributed by atoms with Crippen molar-refractivity contribution in [3.63, 3.8) is 0 Å². The third-order valence-electron chi connectivity index (χ3n) is 5.11. The van der Waals surface area contributed by atoms with Gasteiger partial charge in [-0.25, -0.2) is 4.79 Å². The van der Waals surface area contributed by atoms with Gasteiger partial charge >= 0.3 is 11.9 Å². The van der Waals surface area contributed by atoms with Crippen LogP contribution in [0.15, 0.2) is 45.3 Å². The predicted molar refractivity (Wildman–Crippen MR) is 107 cm³/mol. The second-order valence-corrected chi connectivity index (χ2v) is 6.73. The maximum absolute atomic E-state index is 13.0. The first-order valence-electron chi connectivity index (χ1n) is 8.95. The number of aliphatic imine (C=N–C) groups is 1. The Bertz CT molecular complexity index is 1110. The van der Waals surface area contributed by atoms with Crippen molar-refractivity contribution in [2.45, 2.75) is 19.8 Å². The number of benzene rings is 1. The third-order valence-corrected chi connectivity index (χ3v) is 5.11. The molecule has 1 unspecified atom stereocenters. The molecule has 0 bridgehead atoms. The number of hydrogen-bond acceptors (Lipinski definition) is 7. The van der Waals surface area contributed by atoms with E-state index in [-0.39, 0.29) is 11.1 Å². The number of aromatic amines is 1. The van der Waals surface area contributed by atoms with E-state index in [0.717, 1.165) is 5.39 Å². The quantitative estimate of drug-likeness (QED) is 0.792. The highest BCUT2D eigenvalue weighted by molar-refractivity contribution is 6.07. The highest BCUT2D eigenvalue weighted by atomic mass is 16.5. The fraction of sp³-hybridized carbons (Fsp3) is 0.333. The van der Waals surface area contributed by atoms with Crippen molar-refractivity contribution in [3.05, 3.63) is 51.5 Å². The Kier molecular flexibility index (Phi) is 5.54. The summed E-state index contributed by atoms with van der Waals surface area (Å²) in [4.78, 5) is 45.3. The number of nitrogens with zero attached hydrogens (tertiary/aromatic N) is 1. The van der Waals surface area contributed by atoms with E-state index < -0.39 is 29.3 Å². The Hall–Kier alpha value is -3.42. The Morgan fingerprint density at radius 3 is 2.41 bits per heavy atom. The molecule has 152 valence electrons. The van der Waals surface area contributed by atoms with Crippen LogP contribution in [0, 0.1) is 5.92 Å². The fourth-order valence-corrected chi connectivity index (χ4v) is 3.74. The van der Waals surface area contributed by atoms with E-state index in [0.29, 0.717) is 22.7 Å². The van der Waals surface area contributed by atoms with Crippen LogP contribution >= 0.6 is 0 Å². The summed E-state index contributed by atoms with van der Waals surface area (Å²) in [5.74, 6) is -2.44. The van der Waals surface area contributed by atoms with Gasteiger partial charge in [0.2, 0.25) is 0 Å². The number of H-pyrrole nitrogens is 1. The van der Waals surface area contributed by atoms with Gasteiger partial charge < -0.3 is 19.2 Å². The molecule has 2 aromatic rings. The number of ether oxygens (including phenoxy) is 3. The minimum Gasteiger partial charge on any atom is -0.497 e. The van der Waals surface area contributed by atoms with Gasteiger partial charge in [-0.2, -0.15) is 0 Å². The lowest BCUT2D eigenvalue weighted by Gasteiger charge is -2.30. The standard InChI is InChI=1S/C21H22N2O6/c1-10-16(20(25)28-4)18(17(11(2)22-10)21(26)29-5)14-8-12-6-7-13(27-3)9-15(12)23-19(14)24/h6-9,16,18H,1-5H3,(H,23,24)/t16?,18-/m0/s1. The molecule has 0 saturated carbocycles. The van der Waals surface area contributed by atoms with Gasteiger partial charge in [-0.05, 0) is 37.4 Å². The molecule has 1 aliphatic heterocycles. The molecule has 3 rings (SSSR count). The van der Waals surface area contributed by atoms with Crippen LogP contribution in [0.3, 0.4) is 0 Å². The van der Waals surface area contributed by atoms with E-state index in [9.17, 15) is 14.4 Å².